The third-order valence-corrected chi connectivity index (χ3v) is 5.33. The zero-order valence-corrected chi connectivity index (χ0v) is 16.2. The van der Waals surface area contributed by atoms with Crippen molar-refractivity contribution in [1.82, 2.24) is 20.4 Å². The van der Waals surface area contributed by atoms with Gasteiger partial charge in [0.2, 0.25) is 5.91 Å². The summed E-state index contributed by atoms with van der Waals surface area (Å²) in [6.45, 7) is 7.46. The van der Waals surface area contributed by atoms with Crippen molar-refractivity contribution in [3.63, 3.8) is 0 Å². The molecule has 2 fully saturated rings. The van der Waals surface area contributed by atoms with Crippen LogP contribution in [0.15, 0.2) is 4.99 Å². The van der Waals surface area contributed by atoms with Crippen LogP contribution < -0.4 is 10.6 Å². The second kappa shape index (κ2) is 11.3. The van der Waals surface area contributed by atoms with Crippen LogP contribution in [-0.4, -0.2) is 74.0 Å². The molecule has 1 amide bonds. The average Bonchev–Trinajstić information content (AvgIpc) is 3.04. The van der Waals surface area contributed by atoms with Gasteiger partial charge in [-0.2, -0.15) is 0 Å². The average molecular weight is 352 g/mol. The van der Waals surface area contributed by atoms with Crippen molar-refractivity contribution in [3.05, 3.63) is 0 Å². The monoisotopic (exact) mass is 351 g/mol. The van der Waals surface area contributed by atoms with Gasteiger partial charge in [-0.05, 0) is 39.7 Å². The summed E-state index contributed by atoms with van der Waals surface area (Å²) in [4.78, 5) is 20.7. The van der Waals surface area contributed by atoms with Gasteiger partial charge in [0.15, 0.2) is 5.96 Å². The van der Waals surface area contributed by atoms with E-state index in [9.17, 15) is 4.79 Å². The molecule has 6 nitrogen and oxygen atoms in total. The normalized spacial score (nSPS) is 19.7. The molecule has 1 saturated heterocycles. The number of rotatable bonds is 9. The number of guanidine groups is 1. The first kappa shape index (κ1) is 20.0. The minimum absolute atomic E-state index is 0.305. The van der Waals surface area contributed by atoms with Crippen molar-refractivity contribution in [1.29, 1.82) is 0 Å². The van der Waals surface area contributed by atoms with Crippen LogP contribution in [0.25, 0.3) is 0 Å². The summed E-state index contributed by atoms with van der Waals surface area (Å²) in [5.74, 6) is 1.20. The lowest BCUT2D eigenvalue weighted by molar-refractivity contribution is -0.127. The Morgan fingerprint density at radius 1 is 1.24 bits per heavy atom. The van der Waals surface area contributed by atoms with E-state index in [0.29, 0.717) is 5.91 Å². The third kappa shape index (κ3) is 7.22. The number of hydrogen-bond donors (Lipinski definition) is 2. The molecular formula is C19H37N5O. The standard InChI is InChI=1S/C19H37N5O/c1-3-20-19(21-12-8-15-24-14-7-11-18(24)25)22-13-16-23(2)17-9-5-4-6-10-17/h17H,3-16H2,1-2H3,(H2,20,21,22). The highest BCUT2D eigenvalue weighted by Crippen LogP contribution is 2.21. The molecule has 0 aromatic heterocycles. The number of amides is 1. The summed E-state index contributed by atoms with van der Waals surface area (Å²) in [7, 11) is 2.24. The van der Waals surface area contributed by atoms with E-state index in [1.54, 1.807) is 0 Å². The second-order valence-corrected chi connectivity index (χ2v) is 7.30. The highest BCUT2D eigenvalue weighted by Gasteiger charge is 2.19. The van der Waals surface area contributed by atoms with Crippen molar-refractivity contribution >= 4 is 11.9 Å². The predicted molar refractivity (Wildman–Crippen MR) is 104 cm³/mol. The van der Waals surface area contributed by atoms with E-state index in [0.717, 1.165) is 70.5 Å². The first-order valence-electron chi connectivity index (χ1n) is 10.2. The molecule has 0 unspecified atom stereocenters. The van der Waals surface area contributed by atoms with E-state index in [-0.39, 0.29) is 0 Å². The Balaban J connectivity index is 1.63. The summed E-state index contributed by atoms with van der Waals surface area (Å²) < 4.78 is 0. The van der Waals surface area contributed by atoms with Crippen molar-refractivity contribution in [2.75, 3.05) is 46.3 Å². The number of hydrogen-bond acceptors (Lipinski definition) is 3. The Hall–Kier alpha value is -1.30. The van der Waals surface area contributed by atoms with Crippen LogP contribution in [-0.2, 0) is 4.79 Å². The topological polar surface area (TPSA) is 60.0 Å². The lowest BCUT2D eigenvalue weighted by atomic mass is 9.94. The van der Waals surface area contributed by atoms with Crippen LogP contribution in [0.3, 0.4) is 0 Å². The maximum atomic E-state index is 11.6. The van der Waals surface area contributed by atoms with Crippen molar-refractivity contribution in [2.24, 2.45) is 4.99 Å². The summed E-state index contributed by atoms with van der Waals surface area (Å²) >= 11 is 0. The lowest BCUT2D eigenvalue weighted by Gasteiger charge is -2.31. The Bertz CT molecular complexity index is 420. The second-order valence-electron chi connectivity index (χ2n) is 7.30. The van der Waals surface area contributed by atoms with Gasteiger partial charge in [-0.1, -0.05) is 19.3 Å². The Morgan fingerprint density at radius 3 is 2.72 bits per heavy atom. The Morgan fingerprint density at radius 2 is 2.04 bits per heavy atom. The number of aliphatic imine (C=N–C) groups is 1. The van der Waals surface area contributed by atoms with Crippen LogP contribution in [0.4, 0.5) is 0 Å². The molecule has 0 bridgehead atoms. The Kier molecular flexibility index (Phi) is 9.08. The number of carbonyl (C=O) groups excluding carboxylic acids is 1. The zero-order chi connectivity index (χ0) is 17.9. The van der Waals surface area contributed by atoms with Crippen LogP contribution in [0, 0.1) is 0 Å². The molecule has 2 aliphatic rings. The number of carbonyl (C=O) groups is 1. The molecule has 2 N–H and O–H groups in total. The van der Waals surface area contributed by atoms with Gasteiger partial charge >= 0.3 is 0 Å². The van der Waals surface area contributed by atoms with Gasteiger partial charge in [0.25, 0.3) is 0 Å². The number of nitrogens with zero attached hydrogens (tertiary/aromatic N) is 3. The van der Waals surface area contributed by atoms with Gasteiger partial charge in [0.05, 0.1) is 0 Å². The minimum atomic E-state index is 0.305. The van der Waals surface area contributed by atoms with Gasteiger partial charge < -0.3 is 20.4 Å². The van der Waals surface area contributed by atoms with Gasteiger partial charge in [0, 0.05) is 51.7 Å². The molecule has 0 radical (unpaired) electrons. The van der Waals surface area contributed by atoms with E-state index in [1.165, 1.54) is 32.1 Å². The van der Waals surface area contributed by atoms with Gasteiger partial charge in [-0.25, -0.2) is 0 Å². The fourth-order valence-corrected chi connectivity index (χ4v) is 3.79. The molecule has 0 aromatic carbocycles. The smallest absolute Gasteiger partial charge is 0.222 e. The molecule has 1 saturated carbocycles. The molecule has 2 rings (SSSR count). The maximum absolute atomic E-state index is 11.6. The van der Waals surface area contributed by atoms with Crippen LogP contribution in [0.2, 0.25) is 0 Å². The van der Waals surface area contributed by atoms with Crippen molar-refractivity contribution < 1.29 is 4.79 Å². The number of likely N-dealkylation sites (N-methyl/N-ethyl adjacent to an activating group) is 1. The molecule has 25 heavy (non-hydrogen) atoms. The highest BCUT2D eigenvalue weighted by atomic mass is 16.2. The molecular weight excluding hydrogens is 314 g/mol. The Labute approximate surface area is 153 Å². The first-order chi connectivity index (χ1) is 12.2. The SMILES string of the molecule is CCNC(=NCCCN1CCCC1=O)NCCN(C)C1CCCCC1. The van der Waals surface area contributed by atoms with Crippen LogP contribution >= 0.6 is 0 Å². The molecule has 144 valence electrons. The fraction of sp³-hybridized carbons (Fsp3) is 0.895. The van der Waals surface area contributed by atoms with E-state index < -0.39 is 0 Å². The highest BCUT2D eigenvalue weighted by molar-refractivity contribution is 5.79. The van der Waals surface area contributed by atoms with E-state index in [1.807, 2.05) is 4.90 Å². The van der Waals surface area contributed by atoms with E-state index in [2.05, 4.69) is 34.5 Å². The molecule has 0 aromatic rings. The summed E-state index contributed by atoms with van der Waals surface area (Å²) in [5, 5.41) is 6.76. The van der Waals surface area contributed by atoms with E-state index >= 15 is 0 Å². The summed E-state index contributed by atoms with van der Waals surface area (Å²) in [6.07, 6.45) is 9.54. The number of nitrogens with one attached hydrogen (secondary N) is 2. The molecule has 6 heteroatoms. The van der Waals surface area contributed by atoms with Gasteiger partial charge in [-0.15, -0.1) is 0 Å². The first-order valence-corrected chi connectivity index (χ1v) is 10.2. The molecule has 1 aliphatic carbocycles. The lowest BCUT2D eigenvalue weighted by Crippen LogP contribution is -2.43. The van der Waals surface area contributed by atoms with Crippen LogP contribution in [0.1, 0.15) is 58.3 Å². The molecule has 0 atom stereocenters. The molecule has 1 aliphatic heterocycles. The quantitative estimate of drug-likeness (QED) is 0.378. The summed E-state index contributed by atoms with van der Waals surface area (Å²) in [6, 6.07) is 0.757. The molecule has 1 heterocycles. The maximum Gasteiger partial charge on any atom is 0.222 e. The van der Waals surface area contributed by atoms with Gasteiger partial charge in [0.1, 0.15) is 0 Å². The third-order valence-electron chi connectivity index (χ3n) is 5.33. The van der Waals surface area contributed by atoms with Gasteiger partial charge in [-0.3, -0.25) is 9.79 Å². The summed E-state index contributed by atoms with van der Waals surface area (Å²) in [5.41, 5.74) is 0. The van der Waals surface area contributed by atoms with Crippen molar-refractivity contribution in [2.45, 2.75) is 64.3 Å². The fourth-order valence-electron chi connectivity index (χ4n) is 3.79. The van der Waals surface area contributed by atoms with Crippen LogP contribution in [0.5, 0.6) is 0 Å². The molecule has 0 spiro atoms. The predicted octanol–water partition coefficient (Wildman–Crippen LogP) is 1.82. The largest absolute Gasteiger partial charge is 0.357 e. The zero-order valence-electron chi connectivity index (χ0n) is 16.2. The number of likely N-dealkylation sites (tertiary alicyclic amines) is 1. The van der Waals surface area contributed by atoms with Crippen molar-refractivity contribution in [3.8, 4) is 0 Å². The van der Waals surface area contributed by atoms with E-state index in [4.69, 9.17) is 0 Å². The minimum Gasteiger partial charge on any atom is -0.357 e.